The molecule has 0 bridgehead atoms. The molecule has 0 heterocycles. The van der Waals surface area contributed by atoms with Crippen LogP contribution in [0.5, 0.6) is 0 Å². The van der Waals surface area contributed by atoms with Crippen LogP contribution in [0.3, 0.4) is 0 Å². The van der Waals surface area contributed by atoms with Crippen LogP contribution in [0.25, 0.3) is 0 Å². The molecule has 1 aromatic rings. The summed E-state index contributed by atoms with van der Waals surface area (Å²) in [4.78, 5) is 11.8. The third-order valence-corrected chi connectivity index (χ3v) is 4.62. The molecule has 0 aromatic heterocycles. The van der Waals surface area contributed by atoms with Crippen molar-refractivity contribution in [2.75, 3.05) is 5.32 Å². The number of hydrogen-bond donors (Lipinski definition) is 1. The lowest BCUT2D eigenvalue weighted by molar-refractivity contribution is -0.116. The van der Waals surface area contributed by atoms with Crippen LogP contribution in [-0.4, -0.2) is 5.91 Å². The number of rotatable bonds is 7. The third kappa shape index (κ3) is 4.58. The van der Waals surface area contributed by atoms with Gasteiger partial charge in [-0.05, 0) is 42.9 Å². The first-order chi connectivity index (χ1) is 9.60. The van der Waals surface area contributed by atoms with E-state index in [1.807, 2.05) is 6.92 Å². The summed E-state index contributed by atoms with van der Waals surface area (Å²) in [5, 5.41) is 2.65. The van der Waals surface area contributed by atoms with Gasteiger partial charge in [-0.2, -0.15) is 0 Å². The van der Waals surface area contributed by atoms with E-state index in [-0.39, 0.29) is 22.2 Å². The zero-order valence-electron chi connectivity index (χ0n) is 11.8. The first kappa shape index (κ1) is 15.5. The molecule has 0 aliphatic heterocycles. The summed E-state index contributed by atoms with van der Waals surface area (Å²) in [5.41, 5.74) is 1.32. The number of nitrogens with one attached hydrogen (secondary N) is 1. The zero-order valence-corrected chi connectivity index (χ0v) is 13.4. The van der Waals surface area contributed by atoms with Crippen molar-refractivity contribution in [2.45, 2.75) is 50.3 Å². The molecule has 0 radical (unpaired) electrons. The SMILES string of the molecule is CCCC(=O)Nc1cc(C(Br)CCC2CC2)ccc1F. The third-order valence-electron chi connectivity index (χ3n) is 3.63. The van der Waals surface area contributed by atoms with Crippen LogP contribution in [0.2, 0.25) is 0 Å². The maximum absolute atomic E-state index is 13.7. The molecule has 2 rings (SSSR count). The highest BCUT2D eigenvalue weighted by atomic mass is 79.9. The van der Waals surface area contributed by atoms with Gasteiger partial charge >= 0.3 is 0 Å². The number of amides is 1. The predicted octanol–water partition coefficient (Wildman–Crippen LogP) is 5.19. The Balaban J connectivity index is 2.00. The smallest absolute Gasteiger partial charge is 0.224 e. The van der Waals surface area contributed by atoms with Crippen molar-refractivity contribution in [1.29, 1.82) is 0 Å². The Bertz CT molecular complexity index is 474. The van der Waals surface area contributed by atoms with Crippen molar-refractivity contribution in [1.82, 2.24) is 0 Å². The van der Waals surface area contributed by atoms with E-state index in [1.54, 1.807) is 12.1 Å². The second-order valence-electron chi connectivity index (χ2n) is 5.53. The average Bonchev–Trinajstić information content (AvgIpc) is 3.23. The molecular formula is C16H21BrFNO. The molecule has 2 nitrogen and oxygen atoms in total. The molecule has 20 heavy (non-hydrogen) atoms. The van der Waals surface area contributed by atoms with Crippen molar-refractivity contribution in [2.24, 2.45) is 5.92 Å². The Morgan fingerprint density at radius 1 is 1.50 bits per heavy atom. The van der Waals surface area contributed by atoms with Crippen molar-refractivity contribution in [3.63, 3.8) is 0 Å². The van der Waals surface area contributed by atoms with Gasteiger partial charge in [-0.1, -0.05) is 41.8 Å². The monoisotopic (exact) mass is 341 g/mol. The minimum atomic E-state index is -0.375. The Hall–Kier alpha value is -0.900. The van der Waals surface area contributed by atoms with Gasteiger partial charge in [0.05, 0.1) is 5.69 Å². The van der Waals surface area contributed by atoms with Crippen LogP contribution in [-0.2, 0) is 4.79 Å². The molecule has 1 atom stereocenters. The van der Waals surface area contributed by atoms with Gasteiger partial charge in [-0.3, -0.25) is 4.79 Å². The molecule has 110 valence electrons. The van der Waals surface area contributed by atoms with Gasteiger partial charge in [0.25, 0.3) is 0 Å². The lowest BCUT2D eigenvalue weighted by Crippen LogP contribution is -2.12. The Labute approximate surface area is 128 Å². The van der Waals surface area contributed by atoms with E-state index in [4.69, 9.17) is 0 Å². The summed E-state index contributed by atoms with van der Waals surface area (Å²) < 4.78 is 13.7. The van der Waals surface area contributed by atoms with Crippen LogP contribution < -0.4 is 5.32 Å². The fourth-order valence-corrected chi connectivity index (χ4v) is 2.78. The van der Waals surface area contributed by atoms with Crippen molar-refractivity contribution in [3.8, 4) is 0 Å². The molecule has 1 unspecified atom stereocenters. The first-order valence-corrected chi connectivity index (χ1v) is 8.25. The Morgan fingerprint density at radius 2 is 2.25 bits per heavy atom. The highest BCUT2D eigenvalue weighted by Crippen LogP contribution is 2.38. The Morgan fingerprint density at radius 3 is 2.90 bits per heavy atom. The number of alkyl halides is 1. The van der Waals surface area contributed by atoms with E-state index in [2.05, 4.69) is 21.2 Å². The largest absolute Gasteiger partial charge is 0.324 e. The summed E-state index contributed by atoms with van der Waals surface area (Å²) in [6, 6.07) is 4.97. The van der Waals surface area contributed by atoms with Gasteiger partial charge in [0.1, 0.15) is 5.82 Å². The molecule has 1 amide bonds. The van der Waals surface area contributed by atoms with E-state index in [9.17, 15) is 9.18 Å². The van der Waals surface area contributed by atoms with Gasteiger partial charge < -0.3 is 5.32 Å². The molecule has 4 heteroatoms. The lowest BCUT2D eigenvalue weighted by Gasteiger charge is -2.13. The van der Waals surface area contributed by atoms with Gasteiger partial charge in [-0.15, -0.1) is 0 Å². The quantitative estimate of drug-likeness (QED) is 0.679. The zero-order chi connectivity index (χ0) is 14.5. The minimum absolute atomic E-state index is 0.132. The topological polar surface area (TPSA) is 29.1 Å². The predicted molar refractivity (Wildman–Crippen MR) is 83.6 cm³/mol. The number of halogens is 2. The highest BCUT2D eigenvalue weighted by molar-refractivity contribution is 9.09. The summed E-state index contributed by atoms with van der Waals surface area (Å²) in [6.45, 7) is 1.93. The van der Waals surface area contributed by atoms with E-state index in [1.165, 1.54) is 25.3 Å². The standard InChI is InChI=1S/C16H21BrFNO/c1-2-3-16(20)19-15-10-12(7-9-14(15)18)13(17)8-6-11-4-5-11/h7,9-11,13H,2-6,8H2,1H3,(H,19,20). The fraction of sp³-hybridized carbons (Fsp3) is 0.562. The van der Waals surface area contributed by atoms with E-state index in [0.29, 0.717) is 6.42 Å². The maximum Gasteiger partial charge on any atom is 0.224 e. The van der Waals surface area contributed by atoms with Crippen molar-refractivity contribution < 1.29 is 9.18 Å². The molecule has 1 saturated carbocycles. The van der Waals surface area contributed by atoms with Crippen LogP contribution in [0.15, 0.2) is 18.2 Å². The number of carbonyl (C=O) groups is 1. The second kappa shape index (κ2) is 7.21. The highest BCUT2D eigenvalue weighted by Gasteiger charge is 2.22. The van der Waals surface area contributed by atoms with Crippen molar-refractivity contribution in [3.05, 3.63) is 29.6 Å². The van der Waals surface area contributed by atoms with E-state index < -0.39 is 0 Å². The van der Waals surface area contributed by atoms with E-state index >= 15 is 0 Å². The van der Waals surface area contributed by atoms with Crippen molar-refractivity contribution >= 4 is 27.5 Å². The normalized spacial score (nSPS) is 15.9. The Kier molecular flexibility index (Phi) is 5.58. The number of carbonyl (C=O) groups excluding carboxylic acids is 1. The number of hydrogen-bond acceptors (Lipinski definition) is 1. The number of anilines is 1. The molecular weight excluding hydrogens is 321 g/mol. The molecule has 0 saturated heterocycles. The second-order valence-corrected chi connectivity index (χ2v) is 6.63. The van der Waals surface area contributed by atoms with Gasteiger partial charge in [0.15, 0.2) is 0 Å². The van der Waals surface area contributed by atoms with Gasteiger partial charge in [-0.25, -0.2) is 4.39 Å². The molecule has 1 aliphatic rings. The molecule has 0 spiro atoms. The first-order valence-electron chi connectivity index (χ1n) is 7.33. The molecule has 1 fully saturated rings. The minimum Gasteiger partial charge on any atom is -0.324 e. The summed E-state index contributed by atoms with van der Waals surface area (Å²) in [5.74, 6) is 0.381. The van der Waals surface area contributed by atoms with Gasteiger partial charge in [0.2, 0.25) is 5.91 Å². The average molecular weight is 342 g/mol. The number of benzene rings is 1. The fourth-order valence-electron chi connectivity index (χ4n) is 2.23. The summed E-state index contributed by atoms with van der Waals surface area (Å²) in [6.07, 6.45) is 6.14. The van der Waals surface area contributed by atoms with Crippen LogP contribution in [0, 0.1) is 11.7 Å². The maximum atomic E-state index is 13.7. The lowest BCUT2D eigenvalue weighted by atomic mass is 10.1. The van der Waals surface area contributed by atoms with Crippen LogP contribution in [0.1, 0.15) is 55.8 Å². The summed E-state index contributed by atoms with van der Waals surface area (Å²) >= 11 is 3.66. The van der Waals surface area contributed by atoms with E-state index in [0.717, 1.165) is 24.3 Å². The molecule has 1 N–H and O–H groups in total. The van der Waals surface area contributed by atoms with Crippen LogP contribution in [0.4, 0.5) is 10.1 Å². The van der Waals surface area contributed by atoms with Gasteiger partial charge in [0, 0.05) is 11.2 Å². The molecule has 1 aromatic carbocycles. The molecule has 1 aliphatic carbocycles. The van der Waals surface area contributed by atoms with Crippen LogP contribution >= 0.6 is 15.9 Å². The summed E-state index contributed by atoms with van der Waals surface area (Å²) in [7, 11) is 0.